The van der Waals surface area contributed by atoms with Crippen molar-refractivity contribution in [1.29, 1.82) is 0 Å². The molecule has 1 N–H and O–H groups in total. The highest BCUT2D eigenvalue weighted by molar-refractivity contribution is 9.10. The lowest BCUT2D eigenvalue weighted by molar-refractivity contribution is 0.393. The lowest BCUT2D eigenvalue weighted by atomic mass is 10.3. The summed E-state index contributed by atoms with van der Waals surface area (Å²) in [4.78, 5) is 20.4. The maximum Gasteiger partial charge on any atom is 0.327 e. The van der Waals surface area contributed by atoms with E-state index in [0.29, 0.717) is 39.9 Å². The molecule has 0 aliphatic heterocycles. The molecule has 0 spiro atoms. The number of hydrogen-bond acceptors (Lipinski definition) is 8. The molecule has 0 aliphatic carbocycles. The third-order valence-electron chi connectivity index (χ3n) is 4.23. The van der Waals surface area contributed by atoms with Crippen LogP contribution in [0.15, 0.2) is 41.4 Å². The highest BCUT2D eigenvalue weighted by Crippen LogP contribution is 2.37. The summed E-state index contributed by atoms with van der Waals surface area (Å²) < 4.78 is 23.1. The van der Waals surface area contributed by atoms with Crippen molar-refractivity contribution in [3.63, 3.8) is 0 Å². The van der Waals surface area contributed by atoms with Gasteiger partial charge in [0.25, 0.3) is 0 Å². The minimum absolute atomic E-state index is 0.0970. The first-order valence-corrected chi connectivity index (χ1v) is 9.82. The van der Waals surface area contributed by atoms with Gasteiger partial charge in [0.05, 0.1) is 48.9 Å². The van der Waals surface area contributed by atoms with Crippen LogP contribution in [0.1, 0.15) is 12.6 Å². The van der Waals surface area contributed by atoms with Crippen LogP contribution in [0.4, 0.5) is 0 Å². The second-order valence-electron chi connectivity index (χ2n) is 6.13. The summed E-state index contributed by atoms with van der Waals surface area (Å²) >= 11 is 3.62. The van der Waals surface area contributed by atoms with Crippen molar-refractivity contribution in [2.75, 3.05) is 14.2 Å². The van der Waals surface area contributed by atoms with Crippen molar-refractivity contribution in [3.8, 4) is 34.9 Å². The Morgan fingerprint density at radius 2 is 1.47 bits per heavy atom. The van der Waals surface area contributed by atoms with Gasteiger partial charge < -0.3 is 23.9 Å². The fraction of sp³-hybridized carbons (Fsp3) is 0.200. The van der Waals surface area contributed by atoms with Gasteiger partial charge >= 0.3 is 6.01 Å². The highest BCUT2D eigenvalue weighted by atomic mass is 79.9. The SMILES string of the molecule is CCc1[nH]c2nc(Oc3cncc(OC)c3)nc(Oc3cncc(OC)c3)c2c1Br. The van der Waals surface area contributed by atoms with Crippen LogP contribution in [-0.2, 0) is 6.42 Å². The minimum atomic E-state index is 0.0970. The Labute approximate surface area is 180 Å². The van der Waals surface area contributed by atoms with Crippen LogP contribution >= 0.6 is 15.9 Å². The minimum Gasteiger partial charge on any atom is -0.495 e. The van der Waals surface area contributed by atoms with Gasteiger partial charge in [-0.1, -0.05) is 6.92 Å². The highest BCUT2D eigenvalue weighted by Gasteiger charge is 2.19. The van der Waals surface area contributed by atoms with E-state index < -0.39 is 0 Å². The average Bonchev–Trinajstić information content (AvgIpc) is 3.09. The van der Waals surface area contributed by atoms with Crippen LogP contribution in [0, 0.1) is 0 Å². The number of hydrogen-bond donors (Lipinski definition) is 1. The van der Waals surface area contributed by atoms with Gasteiger partial charge in [0.15, 0.2) is 11.5 Å². The van der Waals surface area contributed by atoms with E-state index in [-0.39, 0.29) is 6.01 Å². The number of pyridine rings is 2. The van der Waals surface area contributed by atoms with Gasteiger partial charge in [0.2, 0.25) is 5.88 Å². The summed E-state index contributed by atoms with van der Waals surface area (Å²) in [5.74, 6) is 2.34. The third-order valence-corrected chi connectivity index (χ3v) is 5.11. The van der Waals surface area contributed by atoms with Crippen molar-refractivity contribution < 1.29 is 18.9 Å². The molecule has 9 nitrogen and oxygen atoms in total. The van der Waals surface area contributed by atoms with Crippen LogP contribution in [0.25, 0.3) is 11.0 Å². The Kier molecular flexibility index (Phi) is 5.66. The van der Waals surface area contributed by atoms with Gasteiger partial charge in [-0.15, -0.1) is 0 Å². The monoisotopic (exact) mass is 471 g/mol. The number of methoxy groups -OCH3 is 2. The molecule has 0 aliphatic rings. The molecule has 0 unspecified atom stereocenters. The van der Waals surface area contributed by atoms with E-state index in [1.54, 1.807) is 51.1 Å². The quantitative estimate of drug-likeness (QED) is 0.414. The molecule has 0 atom stereocenters. The lowest BCUT2D eigenvalue weighted by Crippen LogP contribution is -1.97. The Morgan fingerprint density at radius 3 is 2.07 bits per heavy atom. The fourth-order valence-corrected chi connectivity index (χ4v) is 3.51. The largest absolute Gasteiger partial charge is 0.495 e. The second-order valence-corrected chi connectivity index (χ2v) is 6.92. The Balaban J connectivity index is 1.78. The number of fused-ring (bicyclic) bond motifs is 1. The van der Waals surface area contributed by atoms with E-state index >= 15 is 0 Å². The van der Waals surface area contributed by atoms with Crippen LogP contribution < -0.4 is 18.9 Å². The molecule has 0 fully saturated rings. The Hall–Kier alpha value is -3.40. The number of halogens is 1. The normalized spacial score (nSPS) is 10.8. The molecule has 4 aromatic rings. The number of aryl methyl sites for hydroxylation is 1. The average molecular weight is 472 g/mol. The Bertz CT molecular complexity index is 1200. The number of aromatic amines is 1. The third kappa shape index (κ3) is 3.99. The zero-order chi connectivity index (χ0) is 21.1. The second kappa shape index (κ2) is 8.54. The van der Waals surface area contributed by atoms with E-state index in [0.717, 1.165) is 16.6 Å². The number of H-pyrrole nitrogens is 1. The molecule has 4 rings (SSSR count). The van der Waals surface area contributed by atoms with Crippen molar-refractivity contribution >= 4 is 27.0 Å². The standard InChI is InChI=1S/C20H18BrN5O4/c1-4-15-17(21)16-18(24-15)25-20(30-14-6-12(28-3)8-23-10-14)26-19(16)29-13-5-11(27-2)7-22-9-13/h5-10H,4H2,1-3H3,(H,24,25,26). The molecule has 10 heteroatoms. The smallest absolute Gasteiger partial charge is 0.327 e. The van der Waals surface area contributed by atoms with Crippen molar-refractivity contribution in [1.82, 2.24) is 24.9 Å². The van der Waals surface area contributed by atoms with Crippen LogP contribution in [0.3, 0.4) is 0 Å². The van der Waals surface area contributed by atoms with Gasteiger partial charge in [-0.2, -0.15) is 9.97 Å². The molecule has 0 bridgehead atoms. The molecule has 0 saturated carbocycles. The number of nitrogens with zero attached hydrogens (tertiary/aromatic N) is 4. The maximum absolute atomic E-state index is 6.03. The summed E-state index contributed by atoms with van der Waals surface area (Å²) in [5.41, 5.74) is 1.54. The predicted molar refractivity (Wildman–Crippen MR) is 113 cm³/mol. The number of rotatable bonds is 7. The lowest BCUT2D eigenvalue weighted by Gasteiger charge is -2.10. The van der Waals surface area contributed by atoms with Crippen LogP contribution in [-0.4, -0.2) is 39.1 Å². The molecule has 0 radical (unpaired) electrons. The zero-order valence-corrected chi connectivity index (χ0v) is 18.1. The van der Waals surface area contributed by atoms with E-state index in [2.05, 4.69) is 40.8 Å². The molecular weight excluding hydrogens is 454 g/mol. The van der Waals surface area contributed by atoms with Gasteiger partial charge in [-0.3, -0.25) is 9.97 Å². The van der Waals surface area contributed by atoms with E-state index in [4.69, 9.17) is 18.9 Å². The van der Waals surface area contributed by atoms with Gasteiger partial charge in [0, 0.05) is 17.8 Å². The summed E-state index contributed by atoms with van der Waals surface area (Å²) in [6.45, 7) is 2.04. The molecule has 0 saturated heterocycles. The number of aromatic nitrogens is 5. The molecular formula is C20H18BrN5O4. The Morgan fingerprint density at radius 1 is 0.867 bits per heavy atom. The van der Waals surface area contributed by atoms with Gasteiger partial charge in [0.1, 0.15) is 17.1 Å². The van der Waals surface area contributed by atoms with Crippen LogP contribution in [0.2, 0.25) is 0 Å². The molecule has 30 heavy (non-hydrogen) atoms. The molecule has 4 heterocycles. The number of ether oxygens (including phenoxy) is 4. The molecule has 0 aromatic carbocycles. The zero-order valence-electron chi connectivity index (χ0n) is 16.5. The van der Waals surface area contributed by atoms with Crippen molar-refractivity contribution in [3.05, 3.63) is 47.1 Å². The van der Waals surface area contributed by atoms with Crippen molar-refractivity contribution in [2.24, 2.45) is 0 Å². The summed E-state index contributed by atoms with van der Waals surface area (Å²) in [5, 5.41) is 0.700. The summed E-state index contributed by atoms with van der Waals surface area (Å²) in [6.07, 6.45) is 7.06. The first-order chi connectivity index (χ1) is 14.6. The van der Waals surface area contributed by atoms with E-state index in [1.807, 2.05) is 6.92 Å². The summed E-state index contributed by atoms with van der Waals surface area (Å²) in [6, 6.07) is 3.50. The fourth-order valence-electron chi connectivity index (χ4n) is 2.77. The molecule has 4 aromatic heterocycles. The maximum atomic E-state index is 6.03. The van der Waals surface area contributed by atoms with Gasteiger partial charge in [-0.25, -0.2) is 0 Å². The van der Waals surface area contributed by atoms with Gasteiger partial charge in [-0.05, 0) is 22.4 Å². The first-order valence-electron chi connectivity index (χ1n) is 9.03. The van der Waals surface area contributed by atoms with Crippen LogP contribution in [0.5, 0.6) is 34.9 Å². The summed E-state index contributed by atoms with van der Waals surface area (Å²) in [7, 11) is 3.12. The first kappa shape index (κ1) is 19.9. The molecule has 154 valence electrons. The number of nitrogens with one attached hydrogen (secondary N) is 1. The van der Waals surface area contributed by atoms with E-state index in [9.17, 15) is 0 Å². The molecule has 0 amide bonds. The van der Waals surface area contributed by atoms with Crippen molar-refractivity contribution in [2.45, 2.75) is 13.3 Å². The predicted octanol–water partition coefficient (Wildman–Crippen LogP) is 4.67. The topological polar surface area (TPSA) is 104 Å². The van der Waals surface area contributed by atoms with E-state index in [1.165, 1.54) is 0 Å².